The standard InChI is InChI=1S/C25H20F3N3O3/c1-31-15-19(18-5-2-3-6-20(18)31)23(32)30-24(12-14-33-21-7-4-13-29-22(21)24)16-8-10-17(11-9-16)34-25(26,27)28/h2-11,13,15H,12,14H2,1H3,(H,30,32). The zero-order valence-electron chi connectivity index (χ0n) is 18.1. The first-order chi connectivity index (χ1) is 16.3. The van der Waals surface area contributed by atoms with Crippen molar-refractivity contribution in [3.63, 3.8) is 0 Å². The molecule has 1 aliphatic heterocycles. The SMILES string of the molecule is Cn1cc(C(=O)NC2(c3ccc(OC(F)(F)F)cc3)CCOc3cccnc32)c2ccccc21. The smallest absolute Gasteiger partial charge is 0.491 e. The number of carbonyl (C=O) groups excluding carboxylic acids is 1. The Labute approximate surface area is 192 Å². The van der Waals surface area contributed by atoms with Gasteiger partial charge in [0.2, 0.25) is 0 Å². The van der Waals surface area contributed by atoms with Crippen LogP contribution < -0.4 is 14.8 Å². The number of alkyl halides is 3. The largest absolute Gasteiger partial charge is 0.573 e. The lowest BCUT2D eigenvalue weighted by Gasteiger charge is -2.39. The molecule has 5 rings (SSSR count). The van der Waals surface area contributed by atoms with Gasteiger partial charge in [0.1, 0.15) is 22.7 Å². The maximum Gasteiger partial charge on any atom is 0.573 e. The van der Waals surface area contributed by atoms with E-state index in [0.717, 1.165) is 10.9 Å². The molecule has 0 radical (unpaired) electrons. The summed E-state index contributed by atoms with van der Waals surface area (Å²) >= 11 is 0. The predicted octanol–water partition coefficient (Wildman–Crippen LogP) is 4.93. The summed E-state index contributed by atoms with van der Waals surface area (Å²) in [6.45, 7) is 0.287. The topological polar surface area (TPSA) is 65.4 Å². The molecule has 9 heteroatoms. The van der Waals surface area contributed by atoms with Gasteiger partial charge in [-0.2, -0.15) is 0 Å². The second-order valence-corrected chi connectivity index (χ2v) is 8.05. The predicted molar refractivity (Wildman–Crippen MR) is 119 cm³/mol. The molecule has 174 valence electrons. The van der Waals surface area contributed by atoms with E-state index in [1.54, 1.807) is 24.5 Å². The highest BCUT2D eigenvalue weighted by Crippen LogP contribution is 2.41. The van der Waals surface area contributed by atoms with E-state index in [2.05, 4.69) is 15.0 Å². The molecule has 3 heterocycles. The molecule has 1 N–H and O–H groups in total. The van der Waals surface area contributed by atoms with Crippen LogP contribution in [0.2, 0.25) is 0 Å². The molecular formula is C25H20F3N3O3. The van der Waals surface area contributed by atoms with Gasteiger partial charge in [-0.05, 0) is 35.9 Å². The lowest BCUT2D eigenvalue weighted by atomic mass is 9.81. The van der Waals surface area contributed by atoms with E-state index in [1.807, 2.05) is 35.9 Å². The van der Waals surface area contributed by atoms with Gasteiger partial charge in [0, 0.05) is 36.8 Å². The first-order valence-electron chi connectivity index (χ1n) is 10.6. The normalized spacial score (nSPS) is 17.6. The summed E-state index contributed by atoms with van der Waals surface area (Å²) < 4.78 is 49.6. The summed E-state index contributed by atoms with van der Waals surface area (Å²) in [7, 11) is 1.86. The molecule has 0 saturated heterocycles. The van der Waals surface area contributed by atoms with E-state index >= 15 is 0 Å². The number of aryl methyl sites for hydroxylation is 1. The minimum atomic E-state index is -4.80. The van der Waals surface area contributed by atoms with Crippen molar-refractivity contribution in [2.45, 2.75) is 18.3 Å². The van der Waals surface area contributed by atoms with Crippen LogP contribution in [-0.4, -0.2) is 28.4 Å². The average molecular weight is 467 g/mol. The van der Waals surface area contributed by atoms with Crippen molar-refractivity contribution in [1.29, 1.82) is 0 Å². The van der Waals surface area contributed by atoms with Crippen molar-refractivity contribution in [2.24, 2.45) is 7.05 Å². The number of hydrogen-bond acceptors (Lipinski definition) is 4. The Balaban J connectivity index is 1.60. The number of aromatic nitrogens is 2. The van der Waals surface area contributed by atoms with Gasteiger partial charge >= 0.3 is 6.36 Å². The zero-order valence-corrected chi connectivity index (χ0v) is 18.1. The Morgan fingerprint density at radius 2 is 1.88 bits per heavy atom. The van der Waals surface area contributed by atoms with Gasteiger partial charge in [0.05, 0.1) is 12.2 Å². The van der Waals surface area contributed by atoms with E-state index < -0.39 is 11.9 Å². The molecule has 6 nitrogen and oxygen atoms in total. The Morgan fingerprint density at radius 3 is 2.65 bits per heavy atom. The second kappa shape index (κ2) is 8.09. The van der Waals surface area contributed by atoms with Gasteiger partial charge in [-0.1, -0.05) is 30.3 Å². The van der Waals surface area contributed by atoms with Crippen LogP contribution in [0.5, 0.6) is 11.5 Å². The maximum atomic E-state index is 13.6. The summed E-state index contributed by atoms with van der Waals surface area (Å²) in [4.78, 5) is 18.1. The third kappa shape index (κ3) is 3.83. The van der Waals surface area contributed by atoms with Crippen molar-refractivity contribution in [3.8, 4) is 11.5 Å². The number of carbonyl (C=O) groups is 1. The van der Waals surface area contributed by atoms with Crippen molar-refractivity contribution in [1.82, 2.24) is 14.9 Å². The van der Waals surface area contributed by atoms with Crippen molar-refractivity contribution < 1.29 is 27.4 Å². The molecule has 1 atom stereocenters. The number of hydrogen-bond donors (Lipinski definition) is 1. The highest BCUT2D eigenvalue weighted by Gasteiger charge is 2.43. The number of nitrogens with zero attached hydrogens (tertiary/aromatic N) is 2. The van der Waals surface area contributed by atoms with Gasteiger partial charge in [0.25, 0.3) is 5.91 Å². The average Bonchev–Trinajstić information content (AvgIpc) is 3.16. The molecule has 0 fully saturated rings. The van der Waals surface area contributed by atoms with E-state index in [1.165, 1.54) is 24.3 Å². The summed E-state index contributed by atoms with van der Waals surface area (Å²) in [5, 5.41) is 3.93. The number of ether oxygens (including phenoxy) is 2. The summed E-state index contributed by atoms with van der Waals surface area (Å²) in [6.07, 6.45) is -1.11. The Hall–Kier alpha value is -4.01. The Morgan fingerprint density at radius 1 is 1.12 bits per heavy atom. The van der Waals surface area contributed by atoms with E-state index in [9.17, 15) is 18.0 Å². The lowest BCUT2D eigenvalue weighted by molar-refractivity contribution is -0.274. The number of para-hydroxylation sites is 1. The third-order valence-electron chi connectivity index (χ3n) is 5.96. The molecule has 0 aliphatic carbocycles. The van der Waals surface area contributed by atoms with E-state index in [0.29, 0.717) is 29.0 Å². The van der Waals surface area contributed by atoms with E-state index in [-0.39, 0.29) is 18.3 Å². The molecule has 2 aromatic heterocycles. The third-order valence-corrected chi connectivity index (χ3v) is 5.96. The molecule has 0 bridgehead atoms. The maximum absolute atomic E-state index is 13.6. The van der Waals surface area contributed by atoms with Crippen LogP contribution in [0.15, 0.2) is 73.1 Å². The van der Waals surface area contributed by atoms with Gasteiger partial charge in [-0.3, -0.25) is 9.78 Å². The molecule has 2 aromatic carbocycles. The molecule has 1 amide bonds. The molecule has 4 aromatic rings. The fraction of sp³-hybridized carbons (Fsp3) is 0.200. The van der Waals surface area contributed by atoms with Gasteiger partial charge in [0.15, 0.2) is 0 Å². The lowest BCUT2D eigenvalue weighted by Crippen LogP contribution is -2.50. The summed E-state index contributed by atoms with van der Waals surface area (Å²) in [5.74, 6) is -0.173. The van der Waals surface area contributed by atoms with Gasteiger partial charge in [-0.25, -0.2) is 0 Å². The molecule has 1 unspecified atom stereocenters. The number of nitrogens with one attached hydrogen (secondary N) is 1. The van der Waals surface area contributed by atoms with Crippen molar-refractivity contribution in [2.75, 3.05) is 6.61 Å². The minimum Gasteiger partial charge on any atom is -0.491 e. The first-order valence-corrected chi connectivity index (χ1v) is 10.6. The highest BCUT2D eigenvalue weighted by molar-refractivity contribution is 6.07. The first kappa shape index (κ1) is 21.8. The fourth-order valence-electron chi connectivity index (χ4n) is 4.46. The number of amides is 1. The van der Waals surface area contributed by atoms with Gasteiger partial charge in [-0.15, -0.1) is 13.2 Å². The molecule has 0 spiro atoms. The Kier molecular flexibility index (Phi) is 5.19. The van der Waals surface area contributed by atoms with Crippen LogP contribution in [0.1, 0.15) is 28.0 Å². The van der Waals surface area contributed by atoms with E-state index in [4.69, 9.17) is 4.74 Å². The zero-order chi connectivity index (χ0) is 23.9. The number of benzene rings is 2. The van der Waals surface area contributed by atoms with Crippen LogP contribution in [0, 0.1) is 0 Å². The minimum absolute atomic E-state index is 0.287. The summed E-state index contributed by atoms with van der Waals surface area (Å²) in [5.41, 5.74) is 1.33. The number of halogens is 3. The molecule has 34 heavy (non-hydrogen) atoms. The number of pyridine rings is 1. The van der Waals surface area contributed by atoms with Crippen molar-refractivity contribution in [3.05, 3.63) is 89.9 Å². The monoisotopic (exact) mass is 467 g/mol. The van der Waals surface area contributed by atoms with Crippen LogP contribution >= 0.6 is 0 Å². The fourth-order valence-corrected chi connectivity index (χ4v) is 4.46. The molecular weight excluding hydrogens is 447 g/mol. The molecule has 1 aliphatic rings. The highest BCUT2D eigenvalue weighted by atomic mass is 19.4. The number of fused-ring (bicyclic) bond motifs is 2. The van der Waals surface area contributed by atoms with Gasteiger partial charge < -0.3 is 19.4 Å². The Bertz CT molecular complexity index is 1370. The van der Waals surface area contributed by atoms with Crippen molar-refractivity contribution >= 4 is 16.8 Å². The van der Waals surface area contributed by atoms with Crippen LogP contribution in [0.4, 0.5) is 13.2 Å². The quantitative estimate of drug-likeness (QED) is 0.462. The van der Waals surface area contributed by atoms with Crippen LogP contribution in [0.25, 0.3) is 10.9 Å². The van der Waals surface area contributed by atoms with Crippen LogP contribution in [0.3, 0.4) is 0 Å². The second-order valence-electron chi connectivity index (χ2n) is 8.05. The number of rotatable bonds is 4. The molecule has 0 saturated carbocycles. The van der Waals surface area contributed by atoms with Crippen LogP contribution in [-0.2, 0) is 12.6 Å². The summed E-state index contributed by atoms with van der Waals surface area (Å²) in [6, 6.07) is 16.5.